The normalized spacial score (nSPS) is 16.6. The number of hydrogen-bond donors (Lipinski definition) is 0. The molecule has 0 bridgehead atoms. The predicted octanol–water partition coefficient (Wildman–Crippen LogP) is 3.41. The van der Waals surface area contributed by atoms with E-state index >= 15 is 0 Å². The first-order chi connectivity index (χ1) is 14.0. The molecule has 8 heteroatoms. The van der Waals surface area contributed by atoms with Crippen molar-refractivity contribution in [2.24, 2.45) is 0 Å². The zero-order valence-corrected chi connectivity index (χ0v) is 16.3. The Hall–Kier alpha value is -3.68. The Kier molecular flexibility index (Phi) is 4.75. The lowest BCUT2D eigenvalue weighted by Gasteiger charge is -2.19. The largest absolute Gasteiger partial charge is 0.496 e. The molecule has 8 nitrogen and oxygen atoms in total. The van der Waals surface area contributed by atoms with E-state index in [2.05, 4.69) is 10.1 Å². The molecule has 2 heterocycles. The van der Waals surface area contributed by atoms with E-state index in [1.165, 1.54) is 4.90 Å². The third kappa shape index (κ3) is 3.33. The van der Waals surface area contributed by atoms with Crippen molar-refractivity contribution < 1.29 is 18.8 Å². The number of imide groups is 1. The van der Waals surface area contributed by atoms with Gasteiger partial charge in [-0.1, -0.05) is 35.0 Å². The molecule has 0 radical (unpaired) electrons. The fourth-order valence-corrected chi connectivity index (χ4v) is 3.30. The quantitative estimate of drug-likeness (QED) is 0.618. The molecular formula is C21H20N4O4. The smallest absolute Gasteiger partial charge is 0.332 e. The zero-order chi connectivity index (χ0) is 20.5. The molecule has 1 saturated heterocycles. The van der Waals surface area contributed by atoms with E-state index in [4.69, 9.17) is 9.26 Å². The van der Waals surface area contributed by atoms with Gasteiger partial charge in [0.1, 0.15) is 18.3 Å². The third-order valence-electron chi connectivity index (χ3n) is 4.87. The molecule has 1 atom stereocenters. The van der Waals surface area contributed by atoms with Gasteiger partial charge in [0, 0.05) is 5.69 Å². The highest BCUT2D eigenvalue weighted by molar-refractivity contribution is 6.13. The van der Waals surface area contributed by atoms with Gasteiger partial charge in [-0.15, -0.1) is 0 Å². The van der Waals surface area contributed by atoms with Gasteiger partial charge in [0.15, 0.2) is 0 Å². The molecule has 1 aliphatic heterocycles. The second-order valence-electron chi connectivity index (χ2n) is 6.80. The maximum atomic E-state index is 12.9. The minimum Gasteiger partial charge on any atom is -0.496 e. The molecule has 0 spiro atoms. The summed E-state index contributed by atoms with van der Waals surface area (Å²) in [5.74, 6) is 0.797. The molecule has 4 rings (SSSR count). The van der Waals surface area contributed by atoms with Crippen LogP contribution in [-0.2, 0) is 11.3 Å². The molecule has 1 unspecified atom stereocenters. The van der Waals surface area contributed by atoms with E-state index in [9.17, 15) is 9.59 Å². The molecule has 2 aromatic carbocycles. The van der Waals surface area contributed by atoms with Crippen molar-refractivity contribution >= 4 is 17.6 Å². The van der Waals surface area contributed by atoms with Gasteiger partial charge in [-0.2, -0.15) is 4.98 Å². The van der Waals surface area contributed by atoms with Crippen LogP contribution in [0.4, 0.5) is 10.5 Å². The first kappa shape index (κ1) is 18.7. The van der Waals surface area contributed by atoms with Crippen LogP contribution in [0.25, 0.3) is 11.4 Å². The lowest BCUT2D eigenvalue weighted by atomic mass is 10.2. The summed E-state index contributed by atoms with van der Waals surface area (Å²) in [5.41, 5.74) is 2.41. The van der Waals surface area contributed by atoms with Gasteiger partial charge in [-0.25, -0.2) is 4.79 Å². The number of anilines is 1. The van der Waals surface area contributed by atoms with Gasteiger partial charge >= 0.3 is 6.03 Å². The van der Waals surface area contributed by atoms with Gasteiger partial charge in [-0.3, -0.25) is 14.6 Å². The average molecular weight is 392 g/mol. The number of ether oxygens (including phenoxy) is 1. The number of rotatable bonds is 5. The Bertz CT molecular complexity index is 1060. The SMILES string of the molecule is COc1ccccc1-c1noc(CN2C(=O)C(C)N(c3ccc(C)cc3)C2=O)n1. The summed E-state index contributed by atoms with van der Waals surface area (Å²) in [5, 5.41) is 3.96. The van der Waals surface area contributed by atoms with Crippen molar-refractivity contribution in [1.29, 1.82) is 0 Å². The summed E-state index contributed by atoms with van der Waals surface area (Å²) in [4.78, 5) is 32.6. The van der Waals surface area contributed by atoms with E-state index in [0.29, 0.717) is 22.8 Å². The highest BCUT2D eigenvalue weighted by atomic mass is 16.5. The Morgan fingerprint density at radius 2 is 1.83 bits per heavy atom. The molecule has 1 aromatic heterocycles. The molecule has 148 valence electrons. The van der Waals surface area contributed by atoms with Gasteiger partial charge < -0.3 is 9.26 Å². The maximum absolute atomic E-state index is 12.9. The van der Waals surface area contributed by atoms with E-state index in [-0.39, 0.29) is 18.3 Å². The number of aryl methyl sites for hydroxylation is 1. The van der Waals surface area contributed by atoms with Crippen LogP contribution in [0.5, 0.6) is 5.75 Å². The first-order valence-corrected chi connectivity index (χ1v) is 9.17. The van der Waals surface area contributed by atoms with Crippen LogP contribution in [0.1, 0.15) is 18.4 Å². The highest BCUT2D eigenvalue weighted by Crippen LogP contribution is 2.29. The summed E-state index contributed by atoms with van der Waals surface area (Å²) < 4.78 is 10.6. The summed E-state index contributed by atoms with van der Waals surface area (Å²) in [6.07, 6.45) is 0. The third-order valence-corrected chi connectivity index (χ3v) is 4.87. The van der Waals surface area contributed by atoms with Crippen LogP contribution in [0.3, 0.4) is 0 Å². The van der Waals surface area contributed by atoms with Crippen molar-refractivity contribution in [2.75, 3.05) is 12.0 Å². The summed E-state index contributed by atoms with van der Waals surface area (Å²) in [7, 11) is 1.56. The highest BCUT2D eigenvalue weighted by Gasteiger charge is 2.44. The average Bonchev–Trinajstić information content (AvgIpc) is 3.28. The lowest BCUT2D eigenvalue weighted by Crippen LogP contribution is -2.33. The van der Waals surface area contributed by atoms with Crippen molar-refractivity contribution in [3.8, 4) is 17.1 Å². The van der Waals surface area contributed by atoms with E-state index in [1.54, 1.807) is 26.2 Å². The maximum Gasteiger partial charge on any atom is 0.332 e. The fraction of sp³-hybridized carbons (Fsp3) is 0.238. The van der Waals surface area contributed by atoms with Crippen LogP contribution in [-0.4, -0.2) is 40.1 Å². The molecule has 1 aliphatic rings. The Morgan fingerprint density at radius 1 is 1.10 bits per heavy atom. The number of carbonyl (C=O) groups is 2. The van der Waals surface area contributed by atoms with Gasteiger partial charge in [0.25, 0.3) is 5.91 Å². The number of aromatic nitrogens is 2. The second kappa shape index (κ2) is 7.38. The molecule has 29 heavy (non-hydrogen) atoms. The first-order valence-electron chi connectivity index (χ1n) is 9.17. The lowest BCUT2D eigenvalue weighted by molar-refractivity contribution is -0.127. The Morgan fingerprint density at radius 3 is 2.55 bits per heavy atom. The minimum absolute atomic E-state index is 0.0908. The second-order valence-corrected chi connectivity index (χ2v) is 6.80. The Balaban J connectivity index is 1.57. The topological polar surface area (TPSA) is 88.8 Å². The monoisotopic (exact) mass is 392 g/mol. The molecule has 0 N–H and O–H groups in total. The molecule has 3 amide bonds. The summed E-state index contributed by atoms with van der Waals surface area (Å²) in [6.45, 7) is 3.58. The van der Waals surface area contributed by atoms with Gasteiger partial charge in [0.2, 0.25) is 11.7 Å². The number of benzene rings is 2. The van der Waals surface area contributed by atoms with Gasteiger partial charge in [0.05, 0.1) is 12.7 Å². The summed E-state index contributed by atoms with van der Waals surface area (Å²) in [6, 6.07) is 13.7. The molecule has 3 aromatic rings. The fourth-order valence-electron chi connectivity index (χ4n) is 3.30. The number of methoxy groups -OCH3 is 1. The zero-order valence-electron chi connectivity index (χ0n) is 16.3. The number of nitrogens with zero attached hydrogens (tertiary/aromatic N) is 4. The number of para-hydroxylation sites is 1. The molecule has 0 saturated carbocycles. The van der Waals surface area contributed by atoms with Crippen molar-refractivity contribution in [2.45, 2.75) is 26.4 Å². The van der Waals surface area contributed by atoms with E-state index < -0.39 is 12.1 Å². The number of hydrogen-bond acceptors (Lipinski definition) is 6. The van der Waals surface area contributed by atoms with E-state index in [0.717, 1.165) is 10.5 Å². The number of urea groups is 1. The standard InChI is InChI=1S/C21H20N4O4/c1-13-8-10-15(11-9-13)25-14(2)20(26)24(21(25)27)12-18-22-19(23-29-18)16-6-4-5-7-17(16)28-3/h4-11,14H,12H2,1-3H3. The number of carbonyl (C=O) groups excluding carboxylic acids is 2. The van der Waals surface area contributed by atoms with Gasteiger partial charge in [-0.05, 0) is 38.1 Å². The molecule has 0 aliphatic carbocycles. The van der Waals surface area contributed by atoms with E-state index in [1.807, 2.05) is 43.3 Å². The summed E-state index contributed by atoms with van der Waals surface area (Å²) >= 11 is 0. The van der Waals surface area contributed by atoms with Crippen LogP contribution in [0.2, 0.25) is 0 Å². The van der Waals surface area contributed by atoms with Crippen molar-refractivity contribution in [1.82, 2.24) is 15.0 Å². The van der Waals surface area contributed by atoms with Crippen LogP contribution in [0, 0.1) is 6.92 Å². The minimum atomic E-state index is -0.609. The molecule has 1 fully saturated rings. The predicted molar refractivity (Wildman–Crippen MR) is 105 cm³/mol. The van der Waals surface area contributed by atoms with Crippen LogP contribution < -0.4 is 9.64 Å². The Labute approximate surface area is 167 Å². The number of amides is 3. The van der Waals surface area contributed by atoms with Crippen LogP contribution in [0.15, 0.2) is 53.1 Å². The van der Waals surface area contributed by atoms with Crippen molar-refractivity contribution in [3.63, 3.8) is 0 Å². The van der Waals surface area contributed by atoms with Crippen molar-refractivity contribution in [3.05, 3.63) is 60.0 Å². The molecular weight excluding hydrogens is 372 g/mol. The van der Waals surface area contributed by atoms with Crippen LogP contribution >= 0.6 is 0 Å².